The predicted molar refractivity (Wildman–Crippen MR) is 158 cm³/mol. The van der Waals surface area contributed by atoms with E-state index in [0.29, 0.717) is 17.0 Å². The molecular formula is C29H37N7S. The van der Waals surface area contributed by atoms with Crippen LogP contribution in [0.3, 0.4) is 0 Å². The van der Waals surface area contributed by atoms with E-state index in [1.807, 2.05) is 18.2 Å². The minimum Gasteiger partial charge on any atom is -0.368 e. The molecule has 0 radical (unpaired) electrons. The molecule has 2 aromatic carbocycles. The second kappa shape index (κ2) is 11.8. The van der Waals surface area contributed by atoms with Crippen LogP contribution in [0.2, 0.25) is 0 Å². The normalized spacial score (nSPS) is 18.9. The number of hydrogen-bond acceptors (Lipinski definition) is 6. The van der Waals surface area contributed by atoms with Crippen LogP contribution in [0.5, 0.6) is 0 Å². The Bertz CT molecular complexity index is 1170. The van der Waals surface area contributed by atoms with Crippen molar-refractivity contribution in [3.8, 4) is 0 Å². The molecule has 3 heterocycles. The molecule has 194 valence electrons. The first kappa shape index (κ1) is 25.3. The van der Waals surface area contributed by atoms with Crippen molar-refractivity contribution in [2.75, 3.05) is 59.3 Å². The van der Waals surface area contributed by atoms with Gasteiger partial charge in [-0.25, -0.2) is 0 Å². The molecule has 2 aliphatic heterocycles. The smallest absolute Gasteiger partial charge is 0.232 e. The van der Waals surface area contributed by atoms with Gasteiger partial charge in [-0.15, -0.1) is 0 Å². The van der Waals surface area contributed by atoms with Crippen LogP contribution in [-0.4, -0.2) is 54.3 Å². The highest BCUT2D eigenvalue weighted by atomic mass is 32.1. The van der Waals surface area contributed by atoms with Gasteiger partial charge in [-0.3, -0.25) is 0 Å². The summed E-state index contributed by atoms with van der Waals surface area (Å²) >= 11 is 5.66. The topological polar surface area (TPSA) is 59.6 Å². The van der Waals surface area contributed by atoms with E-state index < -0.39 is 0 Å². The van der Waals surface area contributed by atoms with Gasteiger partial charge in [0, 0.05) is 51.0 Å². The third-order valence-corrected chi connectivity index (χ3v) is 7.50. The third-order valence-electron chi connectivity index (χ3n) is 7.28. The lowest BCUT2D eigenvalue weighted by atomic mass is 10.0. The van der Waals surface area contributed by atoms with E-state index in [2.05, 4.69) is 87.7 Å². The van der Waals surface area contributed by atoms with Crippen LogP contribution >= 0.6 is 12.2 Å². The number of para-hydroxylation sites is 1. The Hall–Kier alpha value is -3.39. The number of thiocarbonyl (C=S) groups is 1. The molecule has 2 unspecified atom stereocenters. The van der Waals surface area contributed by atoms with Gasteiger partial charge in [0.15, 0.2) is 5.11 Å². The Kier molecular flexibility index (Phi) is 8.04. The molecule has 37 heavy (non-hydrogen) atoms. The summed E-state index contributed by atoms with van der Waals surface area (Å²) in [5, 5.41) is 7.19. The summed E-state index contributed by atoms with van der Waals surface area (Å²) in [4.78, 5) is 17.0. The van der Waals surface area contributed by atoms with Gasteiger partial charge in [0.05, 0.1) is 6.04 Å². The number of nitrogens with one attached hydrogen (secondary N) is 2. The SMILES string of the molecule is CC1CCCN(c2cc(N3CCN(c4ccccc4)CC3)nc(NC(=S)NC(C)c3ccccc3)n2)C1. The summed E-state index contributed by atoms with van der Waals surface area (Å²) in [6.45, 7) is 10.2. The Labute approximate surface area is 225 Å². The van der Waals surface area contributed by atoms with Crippen molar-refractivity contribution in [1.82, 2.24) is 15.3 Å². The minimum absolute atomic E-state index is 0.0814. The lowest BCUT2D eigenvalue weighted by molar-refractivity contribution is 0.444. The van der Waals surface area contributed by atoms with E-state index >= 15 is 0 Å². The number of hydrogen-bond donors (Lipinski definition) is 2. The molecule has 2 saturated heterocycles. The van der Waals surface area contributed by atoms with E-state index in [4.69, 9.17) is 22.2 Å². The minimum atomic E-state index is 0.0814. The van der Waals surface area contributed by atoms with E-state index in [1.54, 1.807) is 0 Å². The standard InChI is InChI=1S/C29H37N7S/c1-22-10-9-15-36(21-22)27-20-26(35-18-16-34(17-19-35)25-13-7-4-8-14-25)31-28(32-27)33-29(37)30-23(2)24-11-5-3-6-12-24/h3-8,11-14,20,22-23H,9-10,15-19,21H2,1-2H3,(H2,30,31,32,33,37). The lowest BCUT2D eigenvalue weighted by Crippen LogP contribution is -2.47. The van der Waals surface area contributed by atoms with Gasteiger partial charge in [0.2, 0.25) is 5.95 Å². The van der Waals surface area contributed by atoms with Crippen LogP contribution < -0.4 is 25.3 Å². The molecule has 2 aliphatic rings. The van der Waals surface area contributed by atoms with Gasteiger partial charge in [-0.1, -0.05) is 55.5 Å². The summed E-state index contributed by atoms with van der Waals surface area (Å²) < 4.78 is 0. The molecule has 2 atom stereocenters. The molecule has 7 nitrogen and oxygen atoms in total. The molecule has 0 bridgehead atoms. The van der Waals surface area contributed by atoms with Crippen molar-refractivity contribution in [3.63, 3.8) is 0 Å². The molecule has 0 amide bonds. The fraction of sp³-hybridized carbons (Fsp3) is 0.414. The van der Waals surface area contributed by atoms with Crippen LogP contribution in [0.15, 0.2) is 66.7 Å². The molecule has 0 spiro atoms. The highest BCUT2D eigenvalue weighted by Crippen LogP contribution is 2.27. The van der Waals surface area contributed by atoms with Crippen molar-refractivity contribution in [2.24, 2.45) is 5.92 Å². The molecule has 2 fully saturated rings. The third kappa shape index (κ3) is 6.49. The lowest BCUT2D eigenvalue weighted by Gasteiger charge is -2.37. The number of rotatable bonds is 6. The van der Waals surface area contributed by atoms with Gasteiger partial charge in [-0.05, 0) is 55.6 Å². The van der Waals surface area contributed by atoms with Crippen LogP contribution in [0.25, 0.3) is 0 Å². The number of piperidine rings is 1. The molecule has 1 aromatic heterocycles. The zero-order chi connectivity index (χ0) is 25.6. The van der Waals surface area contributed by atoms with E-state index in [-0.39, 0.29) is 6.04 Å². The van der Waals surface area contributed by atoms with Crippen molar-refractivity contribution in [3.05, 3.63) is 72.3 Å². The summed E-state index contributed by atoms with van der Waals surface area (Å²) in [6, 6.07) is 23.2. The van der Waals surface area contributed by atoms with Crippen molar-refractivity contribution < 1.29 is 0 Å². The number of anilines is 4. The van der Waals surface area contributed by atoms with Crippen molar-refractivity contribution >= 4 is 40.6 Å². The van der Waals surface area contributed by atoms with Gasteiger partial charge in [0.1, 0.15) is 11.6 Å². The fourth-order valence-corrected chi connectivity index (χ4v) is 5.46. The van der Waals surface area contributed by atoms with E-state index in [9.17, 15) is 0 Å². The van der Waals surface area contributed by atoms with Gasteiger partial charge >= 0.3 is 0 Å². The summed E-state index contributed by atoms with van der Waals surface area (Å²) in [6.07, 6.45) is 2.46. The average molecular weight is 516 g/mol. The van der Waals surface area contributed by atoms with Gasteiger partial charge < -0.3 is 25.3 Å². The maximum Gasteiger partial charge on any atom is 0.232 e. The quantitative estimate of drug-likeness (QED) is 0.441. The number of piperazine rings is 1. The molecular weight excluding hydrogens is 478 g/mol. The zero-order valence-corrected chi connectivity index (χ0v) is 22.6. The van der Waals surface area contributed by atoms with E-state index in [0.717, 1.165) is 50.9 Å². The maximum absolute atomic E-state index is 5.66. The Balaban J connectivity index is 1.32. The van der Waals surface area contributed by atoms with Crippen LogP contribution in [0.4, 0.5) is 23.3 Å². The summed E-state index contributed by atoms with van der Waals surface area (Å²) in [7, 11) is 0. The molecule has 0 saturated carbocycles. The molecule has 5 rings (SSSR count). The van der Waals surface area contributed by atoms with Gasteiger partial charge in [-0.2, -0.15) is 9.97 Å². The molecule has 0 aliphatic carbocycles. The van der Waals surface area contributed by atoms with Crippen molar-refractivity contribution in [1.29, 1.82) is 0 Å². The highest BCUT2D eigenvalue weighted by Gasteiger charge is 2.23. The number of nitrogens with zero attached hydrogens (tertiary/aromatic N) is 5. The summed E-state index contributed by atoms with van der Waals surface area (Å²) in [5.41, 5.74) is 2.46. The molecule has 3 aromatic rings. The molecule has 8 heteroatoms. The Morgan fingerprint density at radius 1 is 0.865 bits per heavy atom. The van der Waals surface area contributed by atoms with Crippen molar-refractivity contribution in [2.45, 2.75) is 32.7 Å². The van der Waals surface area contributed by atoms with E-state index in [1.165, 1.54) is 24.1 Å². The highest BCUT2D eigenvalue weighted by molar-refractivity contribution is 7.80. The van der Waals surface area contributed by atoms with Gasteiger partial charge in [0.25, 0.3) is 0 Å². The second-order valence-electron chi connectivity index (χ2n) is 10.1. The number of aromatic nitrogens is 2. The Morgan fingerprint density at radius 2 is 1.49 bits per heavy atom. The Morgan fingerprint density at radius 3 is 2.16 bits per heavy atom. The first-order chi connectivity index (χ1) is 18.0. The average Bonchev–Trinajstić information content (AvgIpc) is 2.94. The van der Waals surface area contributed by atoms with Crippen LogP contribution in [0.1, 0.15) is 38.3 Å². The largest absolute Gasteiger partial charge is 0.368 e. The summed E-state index contributed by atoms with van der Waals surface area (Å²) in [5.74, 6) is 3.14. The second-order valence-corrected chi connectivity index (χ2v) is 10.6. The first-order valence-corrected chi connectivity index (χ1v) is 13.8. The maximum atomic E-state index is 5.66. The zero-order valence-electron chi connectivity index (χ0n) is 21.8. The fourth-order valence-electron chi connectivity index (χ4n) is 5.19. The molecule has 2 N–H and O–H groups in total. The van der Waals surface area contributed by atoms with Crippen LogP contribution in [-0.2, 0) is 0 Å². The van der Waals surface area contributed by atoms with Crippen LogP contribution in [0, 0.1) is 5.92 Å². The predicted octanol–water partition coefficient (Wildman–Crippen LogP) is 5.09. The number of benzene rings is 2. The first-order valence-electron chi connectivity index (χ1n) is 13.4. The monoisotopic (exact) mass is 515 g/mol.